The van der Waals surface area contributed by atoms with Gasteiger partial charge in [0.1, 0.15) is 5.69 Å². The van der Waals surface area contributed by atoms with Crippen LogP contribution in [0, 0.1) is 0 Å². The van der Waals surface area contributed by atoms with E-state index in [0.29, 0.717) is 11.4 Å². The number of anilines is 2. The van der Waals surface area contributed by atoms with Crippen LogP contribution in [0.25, 0.3) is 0 Å². The van der Waals surface area contributed by atoms with E-state index in [0.717, 1.165) is 5.56 Å². The lowest BCUT2D eigenvalue weighted by atomic mass is 10.2. The van der Waals surface area contributed by atoms with Crippen LogP contribution in [0.5, 0.6) is 0 Å². The summed E-state index contributed by atoms with van der Waals surface area (Å²) in [5.74, 6) is -0.479. The molecule has 27 heavy (non-hydrogen) atoms. The first-order valence-electron chi connectivity index (χ1n) is 8.11. The van der Waals surface area contributed by atoms with Crippen LogP contribution in [-0.2, 0) is 6.54 Å². The van der Waals surface area contributed by atoms with Crippen LogP contribution in [0.2, 0.25) is 0 Å². The number of benzene rings is 2. The Bertz CT molecular complexity index is 1030. The van der Waals surface area contributed by atoms with E-state index in [-0.39, 0.29) is 17.8 Å². The second-order valence-corrected chi connectivity index (χ2v) is 5.72. The number of carbonyl (C=O) groups excluding carboxylic acids is 2. The molecule has 0 unspecified atom stereocenters. The SMILES string of the molecule is NC(=O)Nc1cccc(NC(=O)c2ccc(=O)n(Cc3ccccc3)n2)c1. The largest absolute Gasteiger partial charge is 0.351 e. The van der Waals surface area contributed by atoms with E-state index in [1.165, 1.54) is 16.8 Å². The summed E-state index contributed by atoms with van der Waals surface area (Å²) in [5.41, 5.74) is 6.67. The van der Waals surface area contributed by atoms with Gasteiger partial charge in [-0.3, -0.25) is 9.59 Å². The van der Waals surface area contributed by atoms with Gasteiger partial charge in [-0.05, 0) is 29.8 Å². The van der Waals surface area contributed by atoms with Gasteiger partial charge in [-0.1, -0.05) is 36.4 Å². The Hall–Kier alpha value is -3.94. The van der Waals surface area contributed by atoms with Crippen molar-refractivity contribution in [3.63, 3.8) is 0 Å². The Morgan fingerprint density at radius 3 is 2.33 bits per heavy atom. The highest BCUT2D eigenvalue weighted by atomic mass is 16.2. The minimum Gasteiger partial charge on any atom is -0.351 e. The number of rotatable bonds is 5. The van der Waals surface area contributed by atoms with E-state index in [1.54, 1.807) is 24.3 Å². The van der Waals surface area contributed by atoms with Gasteiger partial charge in [0.05, 0.1) is 6.54 Å². The smallest absolute Gasteiger partial charge is 0.316 e. The quantitative estimate of drug-likeness (QED) is 0.642. The van der Waals surface area contributed by atoms with Gasteiger partial charge in [0, 0.05) is 17.4 Å². The maximum atomic E-state index is 12.5. The van der Waals surface area contributed by atoms with Crippen molar-refractivity contribution in [3.05, 3.63) is 88.3 Å². The molecule has 3 rings (SSSR count). The number of aromatic nitrogens is 2. The second kappa shape index (κ2) is 7.96. The third-order valence-corrected chi connectivity index (χ3v) is 3.66. The molecule has 0 aliphatic carbocycles. The maximum Gasteiger partial charge on any atom is 0.316 e. The summed E-state index contributed by atoms with van der Waals surface area (Å²) >= 11 is 0. The zero-order valence-electron chi connectivity index (χ0n) is 14.3. The molecule has 0 fully saturated rings. The highest BCUT2D eigenvalue weighted by Gasteiger charge is 2.11. The van der Waals surface area contributed by atoms with Crippen molar-refractivity contribution in [1.29, 1.82) is 0 Å². The number of carbonyl (C=O) groups is 2. The topological polar surface area (TPSA) is 119 Å². The lowest BCUT2D eigenvalue weighted by Gasteiger charge is -2.09. The van der Waals surface area contributed by atoms with Crippen molar-refractivity contribution in [1.82, 2.24) is 9.78 Å². The van der Waals surface area contributed by atoms with Gasteiger partial charge in [0.2, 0.25) is 0 Å². The van der Waals surface area contributed by atoms with Crippen LogP contribution in [0.3, 0.4) is 0 Å². The molecule has 2 aromatic carbocycles. The lowest BCUT2D eigenvalue weighted by molar-refractivity contribution is 0.102. The molecule has 0 atom stereocenters. The highest BCUT2D eigenvalue weighted by molar-refractivity contribution is 6.03. The molecule has 1 aromatic heterocycles. The monoisotopic (exact) mass is 363 g/mol. The molecule has 0 saturated heterocycles. The Balaban J connectivity index is 1.78. The van der Waals surface area contributed by atoms with Gasteiger partial charge in [-0.2, -0.15) is 5.10 Å². The van der Waals surface area contributed by atoms with Crippen LogP contribution in [0.15, 0.2) is 71.5 Å². The minimum atomic E-state index is -0.701. The number of amides is 3. The van der Waals surface area contributed by atoms with Crippen LogP contribution >= 0.6 is 0 Å². The van der Waals surface area contributed by atoms with Gasteiger partial charge in [0.15, 0.2) is 0 Å². The normalized spacial score (nSPS) is 10.2. The number of nitrogens with zero attached hydrogens (tertiary/aromatic N) is 2. The maximum absolute atomic E-state index is 12.5. The van der Waals surface area contributed by atoms with Crippen molar-refractivity contribution in [2.45, 2.75) is 6.54 Å². The number of nitrogens with one attached hydrogen (secondary N) is 2. The molecule has 0 aliphatic heterocycles. The fraction of sp³-hybridized carbons (Fsp3) is 0.0526. The molecule has 0 radical (unpaired) electrons. The van der Waals surface area contributed by atoms with Crippen LogP contribution < -0.4 is 21.9 Å². The molecule has 4 N–H and O–H groups in total. The van der Waals surface area contributed by atoms with E-state index in [1.807, 2.05) is 30.3 Å². The van der Waals surface area contributed by atoms with Gasteiger partial charge >= 0.3 is 6.03 Å². The molecule has 0 spiro atoms. The Kier molecular flexibility index (Phi) is 5.27. The molecular formula is C19H17N5O3. The van der Waals surface area contributed by atoms with Crippen molar-refractivity contribution in [2.24, 2.45) is 5.73 Å². The predicted octanol–water partition coefficient (Wildman–Crippen LogP) is 2.03. The number of primary amides is 1. The highest BCUT2D eigenvalue weighted by Crippen LogP contribution is 2.15. The standard InChI is InChI=1S/C19H17N5O3/c20-19(27)22-15-8-4-7-14(11-15)21-18(26)16-9-10-17(25)24(23-16)12-13-5-2-1-3-6-13/h1-11H,12H2,(H,21,26)(H3,20,22,27). The zero-order chi connectivity index (χ0) is 19.2. The first-order valence-corrected chi connectivity index (χ1v) is 8.11. The predicted molar refractivity (Wildman–Crippen MR) is 102 cm³/mol. The van der Waals surface area contributed by atoms with Crippen molar-refractivity contribution >= 4 is 23.3 Å². The number of hydrogen-bond donors (Lipinski definition) is 3. The summed E-state index contributed by atoms with van der Waals surface area (Å²) in [5, 5.41) is 9.24. The van der Waals surface area contributed by atoms with E-state index >= 15 is 0 Å². The first kappa shape index (κ1) is 17.9. The molecule has 136 valence electrons. The number of nitrogens with two attached hydrogens (primary N) is 1. The average Bonchev–Trinajstić information content (AvgIpc) is 2.64. The first-order chi connectivity index (χ1) is 13.0. The lowest BCUT2D eigenvalue weighted by Crippen LogP contribution is -2.26. The summed E-state index contributed by atoms with van der Waals surface area (Å²) in [6.45, 7) is 0.263. The van der Waals surface area contributed by atoms with Crippen LogP contribution in [0.4, 0.5) is 16.2 Å². The molecule has 1 heterocycles. The molecule has 8 nitrogen and oxygen atoms in total. The third-order valence-electron chi connectivity index (χ3n) is 3.66. The number of hydrogen-bond acceptors (Lipinski definition) is 4. The van der Waals surface area contributed by atoms with Gasteiger partial charge < -0.3 is 16.4 Å². The summed E-state index contributed by atoms with van der Waals surface area (Å²) in [6, 6.07) is 17.8. The van der Waals surface area contributed by atoms with E-state index in [4.69, 9.17) is 5.73 Å². The average molecular weight is 363 g/mol. The zero-order valence-corrected chi connectivity index (χ0v) is 14.3. The summed E-state index contributed by atoms with van der Waals surface area (Å²) in [4.78, 5) is 35.4. The molecule has 0 saturated carbocycles. The van der Waals surface area contributed by atoms with E-state index < -0.39 is 11.9 Å². The molecular weight excluding hydrogens is 346 g/mol. The minimum absolute atomic E-state index is 0.0961. The van der Waals surface area contributed by atoms with E-state index in [2.05, 4.69) is 15.7 Å². The second-order valence-electron chi connectivity index (χ2n) is 5.72. The molecule has 8 heteroatoms. The Labute approximate surface area is 154 Å². The Morgan fingerprint density at radius 2 is 1.63 bits per heavy atom. The summed E-state index contributed by atoms with van der Waals surface area (Å²) in [6.07, 6.45) is 0. The van der Waals surface area contributed by atoms with Crippen molar-refractivity contribution < 1.29 is 9.59 Å². The van der Waals surface area contributed by atoms with Gasteiger partial charge in [-0.25, -0.2) is 9.48 Å². The third kappa shape index (κ3) is 4.79. The van der Waals surface area contributed by atoms with Gasteiger partial charge in [-0.15, -0.1) is 0 Å². The Morgan fingerprint density at radius 1 is 0.926 bits per heavy atom. The summed E-state index contributed by atoms with van der Waals surface area (Å²) < 4.78 is 1.23. The number of urea groups is 1. The molecule has 3 aromatic rings. The van der Waals surface area contributed by atoms with Crippen molar-refractivity contribution in [2.75, 3.05) is 10.6 Å². The molecule has 3 amide bonds. The van der Waals surface area contributed by atoms with Crippen LogP contribution in [0.1, 0.15) is 16.1 Å². The van der Waals surface area contributed by atoms with Crippen LogP contribution in [-0.4, -0.2) is 21.7 Å². The molecule has 0 aliphatic rings. The fourth-order valence-electron chi connectivity index (χ4n) is 2.45. The fourth-order valence-corrected chi connectivity index (χ4v) is 2.45. The molecule has 0 bridgehead atoms. The summed E-state index contributed by atoms with van der Waals surface area (Å²) in [7, 11) is 0. The van der Waals surface area contributed by atoms with E-state index in [9.17, 15) is 14.4 Å². The van der Waals surface area contributed by atoms with Crippen molar-refractivity contribution in [3.8, 4) is 0 Å². The van der Waals surface area contributed by atoms with Gasteiger partial charge in [0.25, 0.3) is 11.5 Å².